The van der Waals surface area contributed by atoms with Crippen molar-refractivity contribution in [3.05, 3.63) is 52.8 Å². The average Bonchev–Trinajstić information content (AvgIpc) is 3.03. The molecule has 2 heterocycles. The standard InChI is InChI=1S/C22H29F2N4O8P/c1-12(2)34-19(30)13(3)27-37(32,36-14-8-6-5-7-9-14)33-11-16-17(29)22(4,24)20(35-16)28-10-15(23)18(25)26-21(28)31/h5-10,12-13,16-17,20,29H,11H2,1-4H3,(H,27,32)(H2,25,26,31)/t13-,16+,17?,20+,22+,37?/m0/s1. The highest BCUT2D eigenvalue weighted by molar-refractivity contribution is 7.52. The van der Waals surface area contributed by atoms with Crippen molar-refractivity contribution in [2.45, 2.75) is 63.9 Å². The number of nitrogens with one attached hydrogen (secondary N) is 1. The van der Waals surface area contributed by atoms with E-state index in [4.69, 9.17) is 24.3 Å². The number of benzene rings is 1. The van der Waals surface area contributed by atoms with Gasteiger partial charge in [0.2, 0.25) is 0 Å². The lowest BCUT2D eigenvalue weighted by molar-refractivity contribution is -0.149. The predicted molar refractivity (Wildman–Crippen MR) is 127 cm³/mol. The fourth-order valence-electron chi connectivity index (χ4n) is 3.48. The summed E-state index contributed by atoms with van der Waals surface area (Å²) in [6.45, 7) is 4.88. The molecule has 15 heteroatoms. The van der Waals surface area contributed by atoms with Crippen LogP contribution < -0.4 is 21.0 Å². The van der Waals surface area contributed by atoms with Gasteiger partial charge in [0.15, 0.2) is 23.5 Å². The molecular formula is C22H29F2N4O8P. The van der Waals surface area contributed by atoms with Gasteiger partial charge in [-0.1, -0.05) is 18.2 Å². The molecule has 0 bridgehead atoms. The fourth-order valence-corrected chi connectivity index (χ4v) is 4.98. The number of aromatic nitrogens is 2. The average molecular weight is 546 g/mol. The summed E-state index contributed by atoms with van der Waals surface area (Å²) in [6.07, 6.45) is -5.04. The van der Waals surface area contributed by atoms with Crippen molar-refractivity contribution in [3.8, 4) is 5.75 Å². The van der Waals surface area contributed by atoms with Crippen LogP contribution in [0, 0.1) is 5.82 Å². The van der Waals surface area contributed by atoms with Gasteiger partial charge in [0.25, 0.3) is 0 Å². The molecule has 2 unspecified atom stereocenters. The van der Waals surface area contributed by atoms with Crippen LogP contribution in [0.1, 0.15) is 33.9 Å². The summed E-state index contributed by atoms with van der Waals surface area (Å²) in [5, 5.41) is 13.0. The highest BCUT2D eigenvalue weighted by Crippen LogP contribution is 2.47. The van der Waals surface area contributed by atoms with Crippen molar-refractivity contribution in [1.29, 1.82) is 0 Å². The van der Waals surface area contributed by atoms with Crippen LogP contribution in [0.3, 0.4) is 0 Å². The summed E-state index contributed by atoms with van der Waals surface area (Å²) >= 11 is 0. The number of rotatable bonds is 10. The maximum Gasteiger partial charge on any atom is 0.459 e. The Kier molecular flexibility index (Phi) is 8.70. The number of esters is 1. The summed E-state index contributed by atoms with van der Waals surface area (Å²) in [7, 11) is -4.35. The zero-order valence-corrected chi connectivity index (χ0v) is 21.4. The molecule has 204 valence electrons. The van der Waals surface area contributed by atoms with Gasteiger partial charge in [0.05, 0.1) is 18.9 Å². The van der Waals surface area contributed by atoms with Crippen molar-refractivity contribution in [1.82, 2.24) is 14.6 Å². The third kappa shape index (κ3) is 6.70. The second kappa shape index (κ2) is 11.2. The topological polar surface area (TPSA) is 164 Å². The van der Waals surface area contributed by atoms with E-state index in [0.717, 1.165) is 6.92 Å². The minimum atomic E-state index is -4.35. The van der Waals surface area contributed by atoms with E-state index >= 15 is 4.39 Å². The number of hydrogen-bond donors (Lipinski definition) is 3. The van der Waals surface area contributed by atoms with Gasteiger partial charge in [-0.3, -0.25) is 13.9 Å². The second-order valence-electron chi connectivity index (χ2n) is 8.82. The van der Waals surface area contributed by atoms with Crippen LogP contribution in [0.5, 0.6) is 5.75 Å². The molecule has 0 spiro atoms. The lowest BCUT2D eigenvalue weighted by atomic mass is 9.98. The molecule has 1 aliphatic rings. The van der Waals surface area contributed by atoms with Crippen molar-refractivity contribution in [2.75, 3.05) is 12.3 Å². The number of carbonyl (C=O) groups is 1. The molecule has 1 fully saturated rings. The highest BCUT2D eigenvalue weighted by atomic mass is 31.2. The zero-order valence-electron chi connectivity index (χ0n) is 20.5. The van der Waals surface area contributed by atoms with Crippen LogP contribution in [-0.2, 0) is 23.4 Å². The van der Waals surface area contributed by atoms with E-state index in [2.05, 4.69) is 10.1 Å². The molecule has 4 N–H and O–H groups in total. The lowest BCUT2D eigenvalue weighted by Gasteiger charge is -2.25. The maximum atomic E-state index is 15.5. The van der Waals surface area contributed by atoms with Gasteiger partial charge in [0, 0.05) is 0 Å². The molecule has 12 nitrogen and oxygen atoms in total. The van der Waals surface area contributed by atoms with E-state index in [9.17, 15) is 23.7 Å². The molecule has 0 saturated carbocycles. The van der Waals surface area contributed by atoms with Crippen molar-refractivity contribution >= 4 is 19.5 Å². The number of ether oxygens (including phenoxy) is 2. The van der Waals surface area contributed by atoms with Gasteiger partial charge >= 0.3 is 19.4 Å². The number of alkyl halides is 1. The molecule has 1 aromatic heterocycles. The normalized spacial score (nSPS) is 26.0. The Labute approximate surface area is 211 Å². The van der Waals surface area contributed by atoms with Crippen molar-refractivity contribution in [2.24, 2.45) is 0 Å². The number of nitrogens with two attached hydrogens (primary N) is 1. The molecule has 3 rings (SSSR count). The molecule has 2 aromatic rings. The van der Waals surface area contributed by atoms with Crippen molar-refractivity contribution < 1.29 is 41.8 Å². The number of para-hydroxylation sites is 1. The number of carbonyl (C=O) groups excluding carboxylic acids is 1. The first-order valence-corrected chi connectivity index (χ1v) is 12.8. The Bertz CT molecular complexity index is 1210. The Hall–Kier alpha value is -2.90. The number of nitrogen functional groups attached to an aromatic ring is 1. The quantitative estimate of drug-likeness (QED) is 0.295. The lowest BCUT2D eigenvalue weighted by Crippen LogP contribution is -2.43. The summed E-state index contributed by atoms with van der Waals surface area (Å²) in [6, 6.07) is 6.73. The SMILES string of the molecule is CC(C)OC(=O)[C@H](C)NP(=O)(OC[C@H]1O[C@@H](n2cc(F)c(N)nc2=O)[C@](C)(F)C1O)Oc1ccccc1. The van der Waals surface area contributed by atoms with Crippen molar-refractivity contribution in [3.63, 3.8) is 0 Å². The number of nitrogens with zero attached hydrogens (tertiary/aromatic N) is 2. The maximum absolute atomic E-state index is 15.5. The molecule has 37 heavy (non-hydrogen) atoms. The Balaban J connectivity index is 1.81. The molecule has 0 amide bonds. The van der Waals surface area contributed by atoms with Gasteiger partial charge in [-0.25, -0.2) is 18.1 Å². The minimum Gasteiger partial charge on any atom is -0.462 e. The Morgan fingerprint density at radius 2 is 2.00 bits per heavy atom. The smallest absolute Gasteiger partial charge is 0.459 e. The number of aliphatic hydroxyl groups excluding tert-OH is 1. The molecule has 1 aromatic carbocycles. The monoisotopic (exact) mass is 546 g/mol. The number of aliphatic hydroxyl groups is 1. The Morgan fingerprint density at radius 3 is 2.62 bits per heavy atom. The summed E-state index contributed by atoms with van der Waals surface area (Å²) < 4.78 is 65.0. The first-order chi connectivity index (χ1) is 17.2. The molecule has 6 atom stereocenters. The van der Waals surface area contributed by atoms with E-state index in [1.165, 1.54) is 19.1 Å². The minimum absolute atomic E-state index is 0.124. The zero-order chi connectivity index (χ0) is 27.5. The molecule has 1 saturated heterocycles. The van der Waals surface area contributed by atoms with Gasteiger partial charge < -0.3 is 24.8 Å². The van der Waals surface area contributed by atoms with E-state index in [1.54, 1.807) is 32.0 Å². The summed E-state index contributed by atoms with van der Waals surface area (Å²) in [5.74, 6) is -2.39. The van der Waals surface area contributed by atoms with Crippen LogP contribution in [0.15, 0.2) is 41.3 Å². The molecule has 0 radical (unpaired) electrons. The summed E-state index contributed by atoms with van der Waals surface area (Å²) in [4.78, 5) is 27.7. The van der Waals surface area contributed by atoms with Crippen LogP contribution in [0.4, 0.5) is 14.6 Å². The van der Waals surface area contributed by atoms with E-state index in [-0.39, 0.29) is 5.75 Å². The summed E-state index contributed by atoms with van der Waals surface area (Å²) in [5.41, 5.74) is 1.54. The van der Waals surface area contributed by atoms with Crippen LogP contribution in [0.25, 0.3) is 0 Å². The molecule has 1 aliphatic heterocycles. The molecular weight excluding hydrogens is 517 g/mol. The van der Waals surface area contributed by atoms with E-state index < -0.39 is 73.9 Å². The predicted octanol–water partition coefficient (Wildman–Crippen LogP) is 2.08. The molecule has 0 aliphatic carbocycles. The van der Waals surface area contributed by atoms with Gasteiger partial charge in [-0.2, -0.15) is 10.1 Å². The van der Waals surface area contributed by atoms with Crippen LogP contribution in [-0.4, -0.2) is 57.3 Å². The first-order valence-electron chi connectivity index (χ1n) is 11.3. The van der Waals surface area contributed by atoms with Gasteiger partial charge in [-0.15, -0.1) is 0 Å². The van der Waals surface area contributed by atoms with Gasteiger partial charge in [-0.05, 0) is 39.8 Å². The number of anilines is 1. The Morgan fingerprint density at radius 1 is 1.35 bits per heavy atom. The van der Waals surface area contributed by atoms with E-state index in [1.807, 2.05) is 0 Å². The third-order valence-corrected chi connectivity index (χ3v) is 6.98. The fraction of sp³-hybridized carbons (Fsp3) is 0.500. The van der Waals surface area contributed by atoms with Crippen LogP contribution >= 0.6 is 7.75 Å². The largest absolute Gasteiger partial charge is 0.462 e. The number of halogens is 2. The van der Waals surface area contributed by atoms with E-state index in [0.29, 0.717) is 10.8 Å². The highest BCUT2D eigenvalue weighted by Gasteiger charge is 2.56. The first kappa shape index (κ1) is 28.7. The third-order valence-electron chi connectivity index (χ3n) is 5.34. The van der Waals surface area contributed by atoms with Crippen LogP contribution in [0.2, 0.25) is 0 Å². The second-order valence-corrected chi connectivity index (χ2v) is 10.5. The van der Waals surface area contributed by atoms with Gasteiger partial charge in [0.1, 0.15) is 24.0 Å². The number of hydrogen-bond acceptors (Lipinski definition) is 10.